The molecular formula is C24H23ClN2O2. The average molecular weight is 407 g/mol. The molecule has 0 saturated heterocycles. The number of nitrogens with one attached hydrogen (secondary N) is 1. The quantitative estimate of drug-likeness (QED) is 0.676. The van der Waals surface area contributed by atoms with E-state index < -0.39 is 0 Å². The van der Waals surface area contributed by atoms with Gasteiger partial charge in [-0.2, -0.15) is 0 Å². The Balaban J connectivity index is 1.62. The molecule has 3 aromatic rings. The highest BCUT2D eigenvalue weighted by molar-refractivity contribution is 6.33. The zero-order valence-corrected chi connectivity index (χ0v) is 17.1. The minimum Gasteiger partial charge on any atom is -0.348 e. The van der Waals surface area contributed by atoms with Crippen LogP contribution in [0.2, 0.25) is 5.02 Å². The average Bonchev–Trinajstić information content (AvgIpc) is 3.21. The number of pyridine rings is 1. The molecule has 1 atom stereocenters. The van der Waals surface area contributed by atoms with Crippen molar-refractivity contribution in [3.05, 3.63) is 92.9 Å². The number of carbonyl (C=O) groups excluding carboxylic acids is 1. The van der Waals surface area contributed by atoms with E-state index in [1.165, 1.54) is 0 Å². The number of hydrogen-bond acceptors (Lipinski definition) is 2. The van der Waals surface area contributed by atoms with Crippen molar-refractivity contribution < 1.29 is 4.79 Å². The van der Waals surface area contributed by atoms with Gasteiger partial charge in [0.05, 0.1) is 6.04 Å². The van der Waals surface area contributed by atoms with Crippen molar-refractivity contribution in [2.75, 3.05) is 0 Å². The van der Waals surface area contributed by atoms with E-state index in [0.29, 0.717) is 5.02 Å². The lowest BCUT2D eigenvalue weighted by atomic mass is 9.99. The summed E-state index contributed by atoms with van der Waals surface area (Å²) >= 11 is 6.38. The standard InChI is InChI=1S/C24H23ClN2O2/c1-16(17-8-3-2-4-9-17)26-23(28)15-27-22-13-7-11-19(22)20(14-24(27)29)18-10-5-6-12-21(18)25/h2-6,8-10,12,14,16H,7,11,13,15H2,1H3,(H,26,28). The summed E-state index contributed by atoms with van der Waals surface area (Å²) in [4.78, 5) is 25.6. The topological polar surface area (TPSA) is 51.1 Å². The van der Waals surface area contributed by atoms with Gasteiger partial charge in [0, 0.05) is 22.3 Å². The molecule has 4 nitrogen and oxygen atoms in total. The van der Waals surface area contributed by atoms with E-state index in [1.54, 1.807) is 10.6 Å². The summed E-state index contributed by atoms with van der Waals surface area (Å²) in [5.41, 5.74) is 4.72. The van der Waals surface area contributed by atoms with Crippen LogP contribution in [0.25, 0.3) is 11.1 Å². The number of halogens is 1. The predicted octanol–water partition coefficient (Wildman–Crippen LogP) is 4.53. The Kier molecular flexibility index (Phi) is 5.54. The Morgan fingerprint density at radius 1 is 1.07 bits per heavy atom. The van der Waals surface area contributed by atoms with Gasteiger partial charge >= 0.3 is 0 Å². The Bertz CT molecular complexity index is 1110. The molecule has 2 aromatic carbocycles. The molecule has 1 aliphatic rings. The van der Waals surface area contributed by atoms with Crippen molar-refractivity contribution in [1.29, 1.82) is 0 Å². The van der Waals surface area contributed by atoms with Crippen molar-refractivity contribution in [3.63, 3.8) is 0 Å². The van der Waals surface area contributed by atoms with Crippen LogP contribution in [0.15, 0.2) is 65.5 Å². The highest BCUT2D eigenvalue weighted by Crippen LogP contribution is 2.34. The summed E-state index contributed by atoms with van der Waals surface area (Å²) in [7, 11) is 0. The number of benzene rings is 2. The van der Waals surface area contributed by atoms with Gasteiger partial charge < -0.3 is 9.88 Å². The molecule has 0 radical (unpaired) electrons. The molecule has 0 fully saturated rings. The first-order valence-corrected chi connectivity index (χ1v) is 10.3. The second kappa shape index (κ2) is 8.26. The zero-order valence-electron chi connectivity index (χ0n) is 16.3. The van der Waals surface area contributed by atoms with Crippen LogP contribution in [0.3, 0.4) is 0 Å². The summed E-state index contributed by atoms with van der Waals surface area (Å²) in [6.07, 6.45) is 2.65. The highest BCUT2D eigenvalue weighted by atomic mass is 35.5. The van der Waals surface area contributed by atoms with Gasteiger partial charge in [0.15, 0.2) is 0 Å². The molecule has 1 N–H and O–H groups in total. The van der Waals surface area contributed by atoms with E-state index in [9.17, 15) is 9.59 Å². The van der Waals surface area contributed by atoms with Crippen LogP contribution in [0, 0.1) is 0 Å². The first kappa shape index (κ1) is 19.5. The van der Waals surface area contributed by atoms with Gasteiger partial charge in [0.2, 0.25) is 5.91 Å². The van der Waals surface area contributed by atoms with E-state index in [0.717, 1.165) is 47.2 Å². The van der Waals surface area contributed by atoms with Crippen LogP contribution >= 0.6 is 11.6 Å². The fourth-order valence-electron chi connectivity index (χ4n) is 4.09. The molecule has 1 aromatic heterocycles. The fraction of sp³-hybridized carbons (Fsp3) is 0.250. The van der Waals surface area contributed by atoms with Crippen molar-refractivity contribution in [3.8, 4) is 11.1 Å². The molecule has 4 rings (SSSR count). The van der Waals surface area contributed by atoms with Crippen molar-refractivity contribution in [2.45, 2.75) is 38.8 Å². The van der Waals surface area contributed by atoms with Crippen molar-refractivity contribution >= 4 is 17.5 Å². The second-order valence-corrected chi connectivity index (χ2v) is 7.85. The Morgan fingerprint density at radius 2 is 1.79 bits per heavy atom. The van der Waals surface area contributed by atoms with Gasteiger partial charge in [-0.25, -0.2) is 0 Å². The smallest absolute Gasteiger partial charge is 0.251 e. The second-order valence-electron chi connectivity index (χ2n) is 7.44. The van der Waals surface area contributed by atoms with Gasteiger partial charge in [0.25, 0.3) is 5.56 Å². The molecule has 5 heteroatoms. The molecule has 1 unspecified atom stereocenters. The third-order valence-corrected chi connectivity index (χ3v) is 5.85. The maximum atomic E-state index is 12.9. The number of carbonyl (C=O) groups is 1. The van der Waals surface area contributed by atoms with Crippen molar-refractivity contribution in [2.24, 2.45) is 0 Å². The van der Waals surface area contributed by atoms with E-state index in [-0.39, 0.29) is 24.1 Å². The van der Waals surface area contributed by atoms with Gasteiger partial charge in [-0.3, -0.25) is 9.59 Å². The van der Waals surface area contributed by atoms with Crippen LogP contribution in [-0.4, -0.2) is 10.5 Å². The normalized spacial score (nSPS) is 13.7. The number of rotatable bonds is 5. The van der Waals surface area contributed by atoms with Crippen LogP contribution in [0.4, 0.5) is 0 Å². The van der Waals surface area contributed by atoms with E-state index in [1.807, 2.05) is 61.5 Å². The maximum absolute atomic E-state index is 12.9. The lowest BCUT2D eigenvalue weighted by Crippen LogP contribution is -2.35. The molecule has 0 saturated carbocycles. The Morgan fingerprint density at radius 3 is 2.55 bits per heavy atom. The van der Waals surface area contributed by atoms with Crippen molar-refractivity contribution in [1.82, 2.24) is 9.88 Å². The molecule has 1 aliphatic carbocycles. The molecule has 0 bridgehead atoms. The van der Waals surface area contributed by atoms with Gasteiger partial charge in [0.1, 0.15) is 6.54 Å². The lowest BCUT2D eigenvalue weighted by Gasteiger charge is -2.18. The monoisotopic (exact) mass is 406 g/mol. The summed E-state index contributed by atoms with van der Waals surface area (Å²) in [5.74, 6) is -0.164. The Hall–Kier alpha value is -2.85. The van der Waals surface area contributed by atoms with Crippen LogP contribution in [-0.2, 0) is 24.2 Å². The largest absolute Gasteiger partial charge is 0.348 e. The first-order valence-electron chi connectivity index (χ1n) is 9.89. The van der Waals surface area contributed by atoms with Crippen LogP contribution < -0.4 is 10.9 Å². The molecule has 0 spiro atoms. The number of amides is 1. The molecule has 29 heavy (non-hydrogen) atoms. The van der Waals surface area contributed by atoms with Gasteiger partial charge in [-0.1, -0.05) is 60.1 Å². The lowest BCUT2D eigenvalue weighted by molar-refractivity contribution is -0.122. The third-order valence-electron chi connectivity index (χ3n) is 5.52. The number of fused-ring (bicyclic) bond motifs is 1. The molecule has 0 aliphatic heterocycles. The minimum atomic E-state index is -0.164. The fourth-order valence-corrected chi connectivity index (χ4v) is 4.32. The van der Waals surface area contributed by atoms with E-state index in [4.69, 9.17) is 11.6 Å². The van der Waals surface area contributed by atoms with E-state index in [2.05, 4.69) is 5.32 Å². The highest BCUT2D eigenvalue weighted by Gasteiger charge is 2.23. The minimum absolute atomic E-state index is 0.0289. The number of nitrogens with zero attached hydrogens (tertiary/aromatic N) is 1. The molecule has 1 amide bonds. The number of hydrogen-bond donors (Lipinski definition) is 1. The molecular weight excluding hydrogens is 384 g/mol. The van der Waals surface area contributed by atoms with Crippen LogP contribution in [0.5, 0.6) is 0 Å². The zero-order chi connectivity index (χ0) is 20.4. The summed E-state index contributed by atoms with van der Waals surface area (Å²) < 4.78 is 1.62. The SMILES string of the molecule is CC(NC(=O)Cn1c2c(c(-c3ccccc3Cl)cc1=O)CCC2)c1ccccc1. The predicted molar refractivity (Wildman–Crippen MR) is 116 cm³/mol. The van der Waals surface area contributed by atoms with Gasteiger partial charge in [-0.15, -0.1) is 0 Å². The first-order chi connectivity index (χ1) is 14.0. The summed E-state index contributed by atoms with van der Waals surface area (Å²) in [5, 5.41) is 3.63. The Labute approximate surface area is 175 Å². The summed E-state index contributed by atoms with van der Waals surface area (Å²) in [6, 6.07) is 18.9. The van der Waals surface area contributed by atoms with Crippen LogP contribution in [0.1, 0.15) is 36.2 Å². The van der Waals surface area contributed by atoms with E-state index >= 15 is 0 Å². The molecule has 148 valence electrons. The number of aromatic nitrogens is 1. The third kappa shape index (κ3) is 3.99. The van der Waals surface area contributed by atoms with Gasteiger partial charge in [-0.05, 0) is 48.9 Å². The maximum Gasteiger partial charge on any atom is 0.251 e. The summed E-state index contributed by atoms with van der Waals surface area (Å²) in [6.45, 7) is 1.97. The molecule has 1 heterocycles.